The van der Waals surface area contributed by atoms with Crippen LogP contribution in [0.2, 0.25) is 0 Å². The molecule has 2 N–H and O–H groups in total. The molecule has 1 aromatic carbocycles. The van der Waals surface area contributed by atoms with E-state index in [1.807, 2.05) is 43.4 Å². The highest BCUT2D eigenvalue weighted by Gasteiger charge is 2.26. The van der Waals surface area contributed by atoms with E-state index in [0.717, 1.165) is 43.5 Å². The Morgan fingerprint density at radius 2 is 1.96 bits per heavy atom. The number of benzene rings is 1. The summed E-state index contributed by atoms with van der Waals surface area (Å²) >= 11 is 1.39. The minimum Gasteiger partial charge on any atom is -0.307 e. The first-order valence-electron chi connectivity index (χ1n) is 9.24. The van der Waals surface area contributed by atoms with Crippen molar-refractivity contribution in [3.8, 4) is 0 Å². The van der Waals surface area contributed by atoms with E-state index in [-0.39, 0.29) is 17.7 Å². The molecule has 1 saturated carbocycles. The SMILES string of the molecule is Cc1ccc(NC(=O)Nc2nc(CN(C)C)cs2)c(C(=O)C2CCCC2)c1. The second kappa shape index (κ2) is 8.63. The third-order valence-corrected chi connectivity index (χ3v) is 5.47. The van der Waals surface area contributed by atoms with Gasteiger partial charge in [-0.3, -0.25) is 10.1 Å². The van der Waals surface area contributed by atoms with Crippen LogP contribution in [0.4, 0.5) is 15.6 Å². The van der Waals surface area contributed by atoms with Crippen molar-refractivity contribution < 1.29 is 9.59 Å². The number of hydrogen-bond acceptors (Lipinski definition) is 5. The van der Waals surface area contributed by atoms with Gasteiger partial charge in [0, 0.05) is 23.4 Å². The van der Waals surface area contributed by atoms with Crippen molar-refractivity contribution in [1.29, 1.82) is 0 Å². The van der Waals surface area contributed by atoms with Gasteiger partial charge >= 0.3 is 6.03 Å². The Kier molecular flexibility index (Phi) is 6.23. The fourth-order valence-electron chi connectivity index (χ4n) is 3.39. The number of amides is 2. The van der Waals surface area contributed by atoms with Crippen molar-refractivity contribution in [1.82, 2.24) is 9.88 Å². The molecule has 0 spiro atoms. The lowest BCUT2D eigenvalue weighted by Gasteiger charge is -2.14. The minimum absolute atomic E-state index is 0.0722. The Bertz CT molecular complexity index is 825. The molecule has 0 radical (unpaired) electrons. The molecule has 1 aromatic heterocycles. The van der Waals surface area contributed by atoms with Crippen LogP contribution in [0, 0.1) is 12.8 Å². The van der Waals surface area contributed by atoms with Gasteiger partial charge in [0.2, 0.25) is 0 Å². The quantitative estimate of drug-likeness (QED) is 0.715. The van der Waals surface area contributed by atoms with E-state index in [1.54, 1.807) is 6.07 Å². The first kappa shape index (κ1) is 19.5. The number of thiazole rings is 1. The van der Waals surface area contributed by atoms with E-state index in [2.05, 4.69) is 15.6 Å². The lowest BCUT2D eigenvalue weighted by molar-refractivity contribution is 0.0923. The number of anilines is 2. The topological polar surface area (TPSA) is 74.3 Å². The number of nitrogens with zero attached hydrogens (tertiary/aromatic N) is 2. The molecule has 7 heteroatoms. The summed E-state index contributed by atoms with van der Waals surface area (Å²) in [5.41, 5.74) is 3.08. The van der Waals surface area contributed by atoms with Gasteiger partial charge in [0.1, 0.15) is 0 Å². The molecular weight excluding hydrogens is 360 g/mol. The maximum Gasteiger partial charge on any atom is 0.325 e. The number of carbonyl (C=O) groups is 2. The van der Waals surface area contributed by atoms with E-state index < -0.39 is 0 Å². The second-order valence-corrected chi connectivity index (χ2v) is 8.21. The van der Waals surface area contributed by atoms with E-state index in [9.17, 15) is 9.59 Å². The standard InChI is InChI=1S/C20H26N4O2S/c1-13-8-9-17(16(10-13)18(25)14-6-4-5-7-14)22-19(26)23-20-21-15(12-27-20)11-24(2)3/h8-10,12,14H,4-7,11H2,1-3H3,(H2,21,22,23,26). The molecule has 1 aliphatic rings. The van der Waals surface area contributed by atoms with Gasteiger partial charge in [-0.1, -0.05) is 24.5 Å². The zero-order chi connectivity index (χ0) is 19.4. The van der Waals surface area contributed by atoms with Crippen LogP contribution < -0.4 is 10.6 Å². The molecule has 0 saturated heterocycles. The number of ketones is 1. The van der Waals surface area contributed by atoms with Crippen LogP contribution in [0.15, 0.2) is 23.6 Å². The number of carbonyl (C=O) groups excluding carboxylic acids is 2. The largest absolute Gasteiger partial charge is 0.325 e. The van der Waals surface area contributed by atoms with Crippen molar-refractivity contribution in [3.05, 3.63) is 40.4 Å². The summed E-state index contributed by atoms with van der Waals surface area (Å²) in [6.45, 7) is 2.68. The predicted octanol–water partition coefficient (Wildman–Crippen LogP) is 4.53. The molecule has 2 amide bonds. The first-order valence-corrected chi connectivity index (χ1v) is 10.1. The monoisotopic (exact) mass is 386 g/mol. The molecule has 1 aliphatic carbocycles. The highest BCUT2D eigenvalue weighted by molar-refractivity contribution is 7.13. The number of nitrogens with one attached hydrogen (secondary N) is 2. The van der Waals surface area contributed by atoms with Crippen LogP contribution in [0.1, 0.15) is 47.3 Å². The van der Waals surface area contributed by atoms with Crippen LogP contribution in [-0.2, 0) is 6.54 Å². The van der Waals surface area contributed by atoms with E-state index >= 15 is 0 Å². The van der Waals surface area contributed by atoms with Crippen molar-refractivity contribution in [3.63, 3.8) is 0 Å². The molecule has 27 heavy (non-hydrogen) atoms. The summed E-state index contributed by atoms with van der Waals surface area (Å²) < 4.78 is 0. The molecule has 6 nitrogen and oxygen atoms in total. The molecular formula is C20H26N4O2S. The number of hydrogen-bond donors (Lipinski definition) is 2. The fraction of sp³-hybridized carbons (Fsp3) is 0.450. The van der Waals surface area contributed by atoms with Gasteiger partial charge in [-0.15, -0.1) is 11.3 Å². The molecule has 0 unspecified atom stereocenters. The highest BCUT2D eigenvalue weighted by Crippen LogP contribution is 2.31. The summed E-state index contributed by atoms with van der Waals surface area (Å²) in [4.78, 5) is 31.7. The zero-order valence-electron chi connectivity index (χ0n) is 16.0. The van der Waals surface area contributed by atoms with Crippen molar-refractivity contribution in [2.24, 2.45) is 5.92 Å². The molecule has 0 atom stereocenters. The number of rotatable bonds is 6. The van der Waals surface area contributed by atoms with E-state index in [1.165, 1.54) is 11.3 Å². The van der Waals surface area contributed by atoms with Crippen molar-refractivity contribution >= 4 is 34.0 Å². The Labute approximate surface area is 164 Å². The molecule has 144 valence electrons. The molecule has 3 rings (SSSR count). The molecule has 1 heterocycles. The molecule has 2 aromatic rings. The average molecular weight is 387 g/mol. The van der Waals surface area contributed by atoms with Crippen LogP contribution >= 0.6 is 11.3 Å². The highest BCUT2D eigenvalue weighted by atomic mass is 32.1. The second-order valence-electron chi connectivity index (χ2n) is 7.36. The fourth-order valence-corrected chi connectivity index (χ4v) is 4.09. The smallest absolute Gasteiger partial charge is 0.307 e. The maximum absolute atomic E-state index is 12.9. The third-order valence-electron chi connectivity index (χ3n) is 4.67. The summed E-state index contributed by atoms with van der Waals surface area (Å²) in [5, 5.41) is 8.06. The van der Waals surface area contributed by atoms with Crippen molar-refractivity contribution in [2.45, 2.75) is 39.2 Å². The Morgan fingerprint density at radius 1 is 1.22 bits per heavy atom. The molecule has 0 aliphatic heterocycles. The summed E-state index contributed by atoms with van der Waals surface area (Å²) in [7, 11) is 3.94. The van der Waals surface area contributed by atoms with Gasteiger partial charge in [-0.2, -0.15) is 0 Å². The van der Waals surface area contributed by atoms with Gasteiger partial charge in [0.25, 0.3) is 0 Å². The Balaban J connectivity index is 1.70. The van der Waals surface area contributed by atoms with Gasteiger partial charge in [0.15, 0.2) is 10.9 Å². The lowest BCUT2D eigenvalue weighted by atomic mass is 9.94. The van der Waals surface area contributed by atoms with E-state index in [4.69, 9.17) is 0 Å². The van der Waals surface area contributed by atoms with Crippen LogP contribution in [0.5, 0.6) is 0 Å². The molecule has 0 bridgehead atoms. The number of aryl methyl sites for hydroxylation is 1. The summed E-state index contributed by atoms with van der Waals surface area (Å²) in [6, 6.07) is 5.19. The first-order chi connectivity index (χ1) is 12.9. The van der Waals surface area contributed by atoms with Gasteiger partial charge < -0.3 is 10.2 Å². The summed E-state index contributed by atoms with van der Waals surface area (Å²) in [6.07, 6.45) is 4.08. The Morgan fingerprint density at radius 3 is 2.67 bits per heavy atom. The van der Waals surface area contributed by atoms with Gasteiger partial charge in [-0.25, -0.2) is 9.78 Å². The number of Topliss-reactive ketones (excluding diaryl/α,β-unsaturated/α-hetero) is 1. The van der Waals surface area contributed by atoms with Crippen LogP contribution in [0.25, 0.3) is 0 Å². The predicted molar refractivity (Wildman–Crippen MR) is 110 cm³/mol. The average Bonchev–Trinajstić information content (AvgIpc) is 3.27. The maximum atomic E-state index is 12.9. The third kappa shape index (κ3) is 5.14. The minimum atomic E-state index is -0.384. The number of aromatic nitrogens is 1. The van der Waals surface area contributed by atoms with Gasteiger partial charge in [-0.05, 0) is 46.0 Å². The van der Waals surface area contributed by atoms with Crippen molar-refractivity contribution in [2.75, 3.05) is 24.7 Å². The van der Waals surface area contributed by atoms with Crippen LogP contribution in [0.3, 0.4) is 0 Å². The summed E-state index contributed by atoms with van der Waals surface area (Å²) in [5.74, 6) is 0.206. The zero-order valence-corrected chi connectivity index (χ0v) is 16.9. The lowest BCUT2D eigenvalue weighted by Crippen LogP contribution is -2.22. The normalized spacial score (nSPS) is 14.5. The molecule has 1 fully saturated rings. The van der Waals surface area contributed by atoms with Crippen LogP contribution in [-0.4, -0.2) is 35.8 Å². The number of urea groups is 1. The Hall–Kier alpha value is -2.25. The van der Waals surface area contributed by atoms with Gasteiger partial charge in [0.05, 0.1) is 11.4 Å². The van der Waals surface area contributed by atoms with E-state index in [0.29, 0.717) is 16.4 Å².